The van der Waals surface area contributed by atoms with Crippen molar-refractivity contribution in [1.29, 1.82) is 0 Å². The lowest BCUT2D eigenvalue weighted by atomic mass is 10.1. The van der Waals surface area contributed by atoms with E-state index in [0.29, 0.717) is 10.0 Å². The summed E-state index contributed by atoms with van der Waals surface area (Å²) in [6, 6.07) is 25.6. The summed E-state index contributed by atoms with van der Waals surface area (Å²) < 4.78 is 2.97. The first-order valence-electron chi connectivity index (χ1n) is 7.98. The fourth-order valence-corrected chi connectivity index (χ4v) is 3.26. The average molecular weight is 444 g/mol. The SMILES string of the molecule is Clc1ccc(-c2cc(-c3ccc(Br)cc3)n(-c3ccc(Cl)cc3)n2)cc1. The summed E-state index contributed by atoms with van der Waals surface area (Å²) in [4.78, 5) is 0. The predicted molar refractivity (Wildman–Crippen MR) is 112 cm³/mol. The molecule has 4 aromatic rings. The second-order valence-electron chi connectivity index (χ2n) is 5.82. The molecule has 128 valence electrons. The van der Waals surface area contributed by atoms with Crippen molar-refractivity contribution in [3.63, 3.8) is 0 Å². The van der Waals surface area contributed by atoms with Crippen LogP contribution < -0.4 is 0 Å². The molecule has 0 aliphatic carbocycles. The van der Waals surface area contributed by atoms with Crippen molar-refractivity contribution in [2.45, 2.75) is 0 Å². The minimum absolute atomic E-state index is 0.698. The van der Waals surface area contributed by atoms with Crippen molar-refractivity contribution in [1.82, 2.24) is 9.78 Å². The van der Waals surface area contributed by atoms with Gasteiger partial charge in [-0.15, -0.1) is 0 Å². The van der Waals surface area contributed by atoms with Crippen LogP contribution >= 0.6 is 39.1 Å². The molecule has 0 saturated heterocycles. The van der Waals surface area contributed by atoms with E-state index >= 15 is 0 Å². The van der Waals surface area contributed by atoms with E-state index in [0.717, 1.165) is 32.7 Å². The van der Waals surface area contributed by atoms with Crippen LogP contribution in [0.3, 0.4) is 0 Å². The van der Waals surface area contributed by atoms with Crippen LogP contribution in [0.2, 0.25) is 10.0 Å². The number of benzene rings is 3. The molecule has 0 radical (unpaired) electrons. The van der Waals surface area contributed by atoms with E-state index in [9.17, 15) is 0 Å². The van der Waals surface area contributed by atoms with E-state index < -0.39 is 0 Å². The monoisotopic (exact) mass is 442 g/mol. The van der Waals surface area contributed by atoms with Crippen molar-refractivity contribution in [2.24, 2.45) is 0 Å². The summed E-state index contributed by atoms with van der Waals surface area (Å²) in [6.45, 7) is 0. The van der Waals surface area contributed by atoms with E-state index in [1.165, 1.54) is 0 Å². The lowest BCUT2D eigenvalue weighted by Gasteiger charge is -2.08. The number of hydrogen-bond donors (Lipinski definition) is 0. The minimum atomic E-state index is 0.698. The molecule has 4 rings (SSSR count). The Balaban J connectivity index is 1.88. The highest BCUT2D eigenvalue weighted by atomic mass is 79.9. The minimum Gasteiger partial charge on any atom is -0.232 e. The zero-order valence-electron chi connectivity index (χ0n) is 13.5. The van der Waals surface area contributed by atoms with Gasteiger partial charge in [0.15, 0.2) is 0 Å². The number of nitrogens with zero attached hydrogens (tertiary/aromatic N) is 2. The summed E-state index contributed by atoms with van der Waals surface area (Å²) in [5.41, 5.74) is 4.93. The predicted octanol–water partition coefficient (Wildman–Crippen LogP) is 7.28. The van der Waals surface area contributed by atoms with Gasteiger partial charge in [-0.3, -0.25) is 0 Å². The van der Waals surface area contributed by atoms with Crippen LogP contribution in [0.15, 0.2) is 83.3 Å². The van der Waals surface area contributed by atoms with Crippen LogP contribution in [0, 0.1) is 0 Å². The van der Waals surface area contributed by atoms with Crippen LogP contribution in [-0.4, -0.2) is 9.78 Å². The van der Waals surface area contributed by atoms with Crippen molar-refractivity contribution in [3.8, 4) is 28.2 Å². The molecule has 0 aliphatic heterocycles. The summed E-state index contributed by atoms with van der Waals surface area (Å²) in [7, 11) is 0. The van der Waals surface area contributed by atoms with Crippen molar-refractivity contribution in [3.05, 3.63) is 93.4 Å². The van der Waals surface area contributed by atoms with Crippen LogP contribution in [0.4, 0.5) is 0 Å². The molecule has 26 heavy (non-hydrogen) atoms. The lowest BCUT2D eigenvalue weighted by molar-refractivity contribution is 0.892. The van der Waals surface area contributed by atoms with Gasteiger partial charge >= 0.3 is 0 Å². The van der Waals surface area contributed by atoms with Crippen LogP contribution in [0.1, 0.15) is 0 Å². The number of rotatable bonds is 3. The molecule has 0 bridgehead atoms. The number of halogens is 3. The van der Waals surface area contributed by atoms with Crippen LogP contribution in [-0.2, 0) is 0 Å². The molecule has 2 nitrogen and oxygen atoms in total. The third-order valence-corrected chi connectivity index (χ3v) is 5.09. The number of aromatic nitrogens is 2. The first kappa shape index (κ1) is 17.3. The molecule has 0 N–H and O–H groups in total. The molecule has 0 spiro atoms. The van der Waals surface area contributed by atoms with Crippen LogP contribution in [0.25, 0.3) is 28.2 Å². The molecule has 0 amide bonds. The fourth-order valence-electron chi connectivity index (χ4n) is 2.75. The maximum absolute atomic E-state index is 6.04. The maximum atomic E-state index is 6.04. The van der Waals surface area contributed by atoms with E-state index in [4.69, 9.17) is 28.3 Å². The molecule has 0 unspecified atom stereocenters. The normalized spacial score (nSPS) is 10.9. The summed E-state index contributed by atoms with van der Waals surface area (Å²) in [5, 5.41) is 6.23. The highest BCUT2D eigenvalue weighted by Gasteiger charge is 2.13. The number of hydrogen-bond acceptors (Lipinski definition) is 1. The Bertz CT molecular complexity index is 974. The van der Waals surface area contributed by atoms with Gasteiger partial charge in [0.25, 0.3) is 0 Å². The fraction of sp³-hybridized carbons (Fsp3) is 0. The molecular weight excluding hydrogens is 431 g/mol. The van der Waals surface area contributed by atoms with E-state index in [1.54, 1.807) is 0 Å². The lowest BCUT2D eigenvalue weighted by Crippen LogP contribution is -1.99. The maximum Gasteiger partial charge on any atom is 0.0934 e. The topological polar surface area (TPSA) is 17.8 Å². The molecule has 0 saturated carbocycles. The molecule has 1 heterocycles. The van der Waals surface area contributed by atoms with Crippen molar-refractivity contribution in [2.75, 3.05) is 0 Å². The van der Waals surface area contributed by atoms with E-state index in [2.05, 4.69) is 34.1 Å². The summed E-state index contributed by atoms with van der Waals surface area (Å²) in [6.07, 6.45) is 0. The first-order valence-corrected chi connectivity index (χ1v) is 9.53. The standard InChI is InChI=1S/C21H13BrCl2N2/c22-16-5-1-15(2-6-16)21-13-20(14-3-7-17(23)8-4-14)25-26(21)19-11-9-18(24)10-12-19/h1-13H. The quantitative estimate of drug-likeness (QED) is 0.325. The van der Waals surface area contributed by atoms with E-state index in [1.807, 2.05) is 65.3 Å². The highest BCUT2D eigenvalue weighted by Crippen LogP contribution is 2.30. The third-order valence-electron chi connectivity index (χ3n) is 4.06. The van der Waals surface area contributed by atoms with Crippen molar-refractivity contribution >= 4 is 39.1 Å². The third kappa shape index (κ3) is 3.56. The smallest absolute Gasteiger partial charge is 0.0934 e. The van der Waals surface area contributed by atoms with Crippen molar-refractivity contribution < 1.29 is 0 Å². The molecule has 0 aliphatic rings. The molecule has 0 fully saturated rings. The zero-order chi connectivity index (χ0) is 18.1. The summed E-state index contributed by atoms with van der Waals surface area (Å²) in [5.74, 6) is 0. The van der Waals surface area contributed by atoms with Gasteiger partial charge in [-0.05, 0) is 54.6 Å². The molecule has 5 heteroatoms. The Kier molecular flexibility index (Phi) is 4.86. The average Bonchev–Trinajstić information content (AvgIpc) is 3.09. The second kappa shape index (κ2) is 7.28. The Labute approximate surface area is 170 Å². The highest BCUT2D eigenvalue weighted by molar-refractivity contribution is 9.10. The van der Waals surface area contributed by atoms with Gasteiger partial charge in [0.2, 0.25) is 0 Å². The van der Waals surface area contributed by atoms with Gasteiger partial charge in [-0.2, -0.15) is 5.10 Å². The first-order chi connectivity index (χ1) is 12.6. The van der Waals surface area contributed by atoms with Gasteiger partial charge in [0, 0.05) is 25.6 Å². The Morgan fingerprint density at radius 2 is 1.23 bits per heavy atom. The van der Waals surface area contributed by atoms with Crippen LogP contribution in [0.5, 0.6) is 0 Å². The van der Waals surface area contributed by atoms with Gasteiger partial charge in [0.1, 0.15) is 0 Å². The zero-order valence-corrected chi connectivity index (χ0v) is 16.6. The largest absolute Gasteiger partial charge is 0.232 e. The Morgan fingerprint density at radius 3 is 1.85 bits per heavy atom. The summed E-state index contributed by atoms with van der Waals surface area (Å²) >= 11 is 15.5. The van der Waals surface area contributed by atoms with Gasteiger partial charge in [0.05, 0.1) is 17.1 Å². The molecule has 3 aromatic carbocycles. The Morgan fingerprint density at radius 1 is 0.692 bits per heavy atom. The van der Waals surface area contributed by atoms with Gasteiger partial charge < -0.3 is 0 Å². The molecule has 1 aromatic heterocycles. The van der Waals surface area contributed by atoms with E-state index in [-0.39, 0.29) is 0 Å². The van der Waals surface area contributed by atoms with Gasteiger partial charge in [-0.25, -0.2) is 4.68 Å². The Hall–Kier alpha value is -2.07. The molecular formula is C21H13BrCl2N2. The second-order valence-corrected chi connectivity index (χ2v) is 7.61. The van der Waals surface area contributed by atoms with Gasteiger partial charge in [-0.1, -0.05) is 63.4 Å². The molecule has 0 atom stereocenters.